The highest BCUT2D eigenvalue weighted by molar-refractivity contribution is 5.90. The minimum absolute atomic E-state index is 0.0343. The summed E-state index contributed by atoms with van der Waals surface area (Å²) in [5, 5.41) is 48.7. The lowest BCUT2D eigenvalue weighted by atomic mass is 9.99. The maximum absolute atomic E-state index is 12.2. The molecule has 3 rings (SSSR count). The molecule has 0 aromatic heterocycles. The Bertz CT molecular complexity index is 877. The molecule has 2 unspecified atom stereocenters. The van der Waals surface area contributed by atoms with Crippen molar-refractivity contribution < 1.29 is 49.3 Å². The summed E-state index contributed by atoms with van der Waals surface area (Å²) in [5.41, 5.74) is 0.188. The van der Waals surface area contributed by atoms with Crippen molar-refractivity contribution in [3.05, 3.63) is 59.7 Å². The summed E-state index contributed by atoms with van der Waals surface area (Å²) in [4.78, 5) is 24.3. The van der Waals surface area contributed by atoms with Crippen molar-refractivity contribution in [2.45, 2.75) is 30.7 Å². The zero-order valence-corrected chi connectivity index (χ0v) is 15.5. The standard InChI is InChI=1S/C20H20O10/c21-12-5-1-10(2-6-12)18(26)28-9-14-15(23)16(24)17(25)20(29-14)30-19(27)11-3-7-13(22)8-4-11/h1-8,14-17,20-25H,9H2/t14?,15-,16?,17+,20+/m1/s1. The molecule has 2 aromatic rings. The summed E-state index contributed by atoms with van der Waals surface area (Å²) in [6.07, 6.45) is -8.01. The lowest BCUT2D eigenvalue weighted by Gasteiger charge is -2.39. The van der Waals surface area contributed by atoms with Crippen molar-refractivity contribution in [2.75, 3.05) is 6.61 Å². The number of ether oxygens (including phenoxy) is 3. The van der Waals surface area contributed by atoms with Crippen LogP contribution in [0.3, 0.4) is 0 Å². The van der Waals surface area contributed by atoms with Crippen molar-refractivity contribution in [3.63, 3.8) is 0 Å². The monoisotopic (exact) mass is 420 g/mol. The van der Waals surface area contributed by atoms with Gasteiger partial charge in [-0.05, 0) is 48.5 Å². The number of phenols is 2. The molecule has 0 bridgehead atoms. The van der Waals surface area contributed by atoms with E-state index >= 15 is 0 Å². The van der Waals surface area contributed by atoms with Crippen molar-refractivity contribution in [3.8, 4) is 11.5 Å². The van der Waals surface area contributed by atoms with Crippen LogP contribution in [0, 0.1) is 0 Å². The topological polar surface area (TPSA) is 163 Å². The maximum Gasteiger partial charge on any atom is 0.340 e. The third kappa shape index (κ3) is 4.86. The predicted molar refractivity (Wildman–Crippen MR) is 98.6 cm³/mol. The number of rotatable bonds is 5. The fraction of sp³-hybridized carbons (Fsp3) is 0.300. The molecule has 0 radical (unpaired) electrons. The molecule has 1 saturated heterocycles. The Kier molecular flexibility index (Phi) is 6.53. The van der Waals surface area contributed by atoms with Crippen LogP contribution in [0.25, 0.3) is 0 Å². The Morgan fingerprint density at radius 2 is 1.27 bits per heavy atom. The highest BCUT2D eigenvalue weighted by atomic mass is 16.7. The molecule has 10 nitrogen and oxygen atoms in total. The SMILES string of the molecule is O=C(OCC1O[C@@H](OC(=O)c2ccc(O)cc2)[C@@H](O)C(O)[C@@H]1O)c1ccc(O)cc1. The summed E-state index contributed by atoms with van der Waals surface area (Å²) in [6.45, 7) is -0.502. The van der Waals surface area contributed by atoms with Gasteiger partial charge in [-0.15, -0.1) is 0 Å². The summed E-state index contributed by atoms with van der Waals surface area (Å²) in [5.74, 6) is -1.77. The molecule has 0 saturated carbocycles. The van der Waals surface area contributed by atoms with E-state index in [1.165, 1.54) is 48.5 Å². The second-order valence-corrected chi connectivity index (χ2v) is 6.61. The number of benzene rings is 2. The fourth-order valence-corrected chi connectivity index (χ4v) is 2.76. The smallest absolute Gasteiger partial charge is 0.340 e. The van der Waals surface area contributed by atoms with Crippen LogP contribution in [-0.2, 0) is 14.2 Å². The number of aliphatic hydroxyl groups is 3. The molecule has 0 spiro atoms. The van der Waals surface area contributed by atoms with Crippen LogP contribution in [0.5, 0.6) is 11.5 Å². The fourth-order valence-electron chi connectivity index (χ4n) is 2.76. The molecule has 0 amide bonds. The number of aliphatic hydroxyl groups excluding tert-OH is 3. The van der Waals surface area contributed by atoms with Crippen LogP contribution >= 0.6 is 0 Å². The Labute approximate surface area is 170 Å². The van der Waals surface area contributed by atoms with Crippen LogP contribution in [0.15, 0.2) is 48.5 Å². The van der Waals surface area contributed by atoms with E-state index in [1.54, 1.807) is 0 Å². The first-order valence-electron chi connectivity index (χ1n) is 8.92. The third-order valence-electron chi connectivity index (χ3n) is 4.48. The van der Waals surface area contributed by atoms with E-state index in [2.05, 4.69) is 0 Å². The third-order valence-corrected chi connectivity index (χ3v) is 4.48. The van der Waals surface area contributed by atoms with Crippen LogP contribution < -0.4 is 0 Å². The van der Waals surface area contributed by atoms with Gasteiger partial charge in [0, 0.05) is 0 Å². The summed E-state index contributed by atoms with van der Waals surface area (Å²) in [7, 11) is 0. The Hall–Kier alpha value is -3.18. The Morgan fingerprint density at radius 1 is 0.767 bits per heavy atom. The largest absolute Gasteiger partial charge is 0.508 e. The minimum Gasteiger partial charge on any atom is -0.508 e. The molecule has 160 valence electrons. The van der Waals surface area contributed by atoms with E-state index in [4.69, 9.17) is 14.2 Å². The van der Waals surface area contributed by atoms with E-state index in [0.717, 1.165) is 0 Å². The lowest BCUT2D eigenvalue weighted by molar-refractivity contribution is -0.285. The average Bonchev–Trinajstić information content (AvgIpc) is 2.74. The van der Waals surface area contributed by atoms with Gasteiger partial charge in [0.15, 0.2) is 0 Å². The van der Waals surface area contributed by atoms with E-state index in [9.17, 15) is 35.1 Å². The van der Waals surface area contributed by atoms with Gasteiger partial charge in [0.25, 0.3) is 0 Å². The first kappa shape index (κ1) is 21.5. The van der Waals surface area contributed by atoms with Crippen LogP contribution in [0.1, 0.15) is 20.7 Å². The van der Waals surface area contributed by atoms with Gasteiger partial charge in [-0.3, -0.25) is 0 Å². The van der Waals surface area contributed by atoms with Crippen LogP contribution in [-0.4, -0.2) is 74.8 Å². The highest BCUT2D eigenvalue weighted by Gasteiger charge is 2.46. The Morgan fingerprint density at radius 3 is 1.80 bits per heavy atom. The lowest BCUT2D eigenvalue weighted by Crippen LogP contribution is -2.59. The zero-order valence-electron chi connectivity index (χ0n) is 15.5. The normalized spacial score (nSPS) is 26.0. The molecule has 1 aliphatic heterocycles. The second-order valence-electron chi connectivity index (χ2n) is 6.61. The summed E-state index contributed by atoms with van der Waals surface area (Å²) in [6, 6.07) is 10.3. The molecule has 1 fully saturated rings. The number of esters is 2. The van der Waals surface area contributed by atoms with E-state index in [1.807, 2.05) is 0 Å². The van der Waals surface area contributed by atoms with Crippen molar-refractivity contribution in [1.29, 1.82) is 0 Å². The molecule has 5 atom stereocenters. The predicted octanol–water partition coefficient (Wildman–Crippen LogP) is -0.0808. The summed E-state index contributed by atoms with van der Waals surface area (Å²) < 4.78 is 15.4. The first-order valence-corrected chi connectivity index (χ1v) is 8.92. The quantitative estimate of drug-likeness (QED) is 0.413. The van der Waals surface area contributed by atoms with Crippen molar-refractivity contribution >= 4 is 11.9 Å². The van der Waals surface area contributed by atoms with Gasteiger partial charge in [0.1, 0.15) is 42.5 Å². The molecule has 10 heteroatoms. The molecule has 0 aliphatic carbocycles. The van der Waals surface area contributed by atoms with Gasteiger partial charge in [-0.2, -0.15) is 0 Å². The number of hydrogen-bond donors (Lipinski definition) is 5. The van der Waals surface area contributed by atoms with E-state index in [-0.39, 0.29) is 22.6 Å². The molecule has 5 N–H and O–H groups in total. The molecule has 30 heavy (non-hydrogen) atoms. The zero-order chi connectivity index (χ0) is 21.8. The first-order chi connectivity index (χ1) is 14.3. The maximum atomic E-state index is 12.2. The average molecular weight is 420 g/mol. The number of carbonyl (C=O) groups excluding carboxylic acids is 2. The van der Waals surface area contributed by atoms with Gasteiger partial charge in [-0.25, -0.2) is 9.59 Å². The molecular weight excluding hydrogens is 400 g/mol. The van der Waals surface area contributed by atoms with Gasteiger partial charge in [-0.1, -0.05) is 0 Å². The number of carbonyl (C=O) groups is 2. The van der Waals surface area contributed by atoms with Gasteiger partial charge in [0.2, 0.25) is 6.29 Å². The second kappa shape index (κ2) is 9.09. The number of hydrogen-bond acceptors (Lipinski definition) is 10. The number of phenolic OH excluding ortho intramolecular Hbond substituents is 2. The highest BCUT2D eigenvalue weighted by Crippen LogP contribution is 2.24. The summed E-state index contributed by atoms with van der Waals surface area (Å²) >= 11 is 0. The van der Waals surface area contributed by atoms with Crippen molar-refractivity contribution in [1.82, 2.24) is 0 Å². The van der Waals surface area contributed by atoms with Gasteiger partial charge < -0.3 is 39.7 Å². The molecule has 1 aliphatic rings. The van der Waals surface area contributed by atoms with Crippen LogP contribution in [0.4, 0.5) is 0 Å². The van der Waals surface area contributed by atoms with Crippen LogP contribution in [0.2, 0.25) is 0 Å². The molecule has 2 aromatic carbocycles. The number of aromatic hydroxyl groups is 2. The van der Waals surface area contributed by atoms with Gasteiger partial charge in [0.05, 0.1) is 11.1 Å². The van der Waals surface area contributed by atoms with Gasteiger partial charge >= 0.3 is 11.9 Å². The molecule has 1 heterocycles. The van der Waals surface area contributed by atoms with E-state index < -0.39 is 49.3 Å². The molecular formula is C20H20O10. The van der Waals surface area contributed by atoms with Crippen molar-refractivity contribution in [2.24, 2.45) is 0 Å². The van der Waals surface area contributed by atoms with E-state index in [0.29, 0.717) is 0 Å². The minimum atomic E-state index is -1.75. The Balaban J connectivity index is 1.63.